The predicted octanol–water partition coefficient (Wildman–Crippen LogP) is 3.70. The highest BCUT2D eigenvalue weighted by molar-refractivity contribution is 6.31. The molecule has 0 aliphatic rings. The van der Waals surface area contributed by atoms with Crippen LogP contribution in [0.25, 0.3) is 0 Å². The summed E-state index contributed by atoms with van der Waals surface area (Å²) >= 11 is 6.20. The third kappa shape index (κ3) is 3.62. The summed E-state index contributed by atoms with van der Waals surface area (Å²) in [6, 6.07) is 10.4. The summed E-state index contributed by atoms with van der Waals surface area (Å²) in [6.45, 7) is 3.07. The number of likely N-dealkylation sites (N-methyl/N-ethyl adjacent to an activating group) is 1. The Bertz CT molecular complexity index is 467. The Labute approximate surface area is 113 Å². The number of rotatable bonds is 6. The van der Waals surface area contributed by atoms with Crippen LogP contribution >= 0.6 is 11.6 Å². The molecule has 0 amide bonds. The average Bonchev–Trinajstić information content (AvgIpc) is 2.85. The van der Waals surface area contributed by atoms with Crippen LogP contribution in [0.3, 0.4) is 0 Å². The van der Waals surface area contributed by atoms with Gasteiger partial charge in [0.25, 0.3) is 0 Å². The normalized spacial score (nSPS) is 12.6. The lowest BCUT2D eigenvalue weighted by Crippen LogP contribution is -2.33. The molecule has 0 spiro atoms. The second kappa shape index (κ2) is 6.62. The maximum Gasteiger partial charge on any atom is 0.0935 e. The lowest BCUT2D eigenvalue weighted by molar-refractivity contribution is 0.514. The Morgan fingerprint density at radius 2 is 2.06 bits per heavy atom. The molecule has 0 saturated heterocycles. The molecule has 0 saturated carbocycles. The van der Waals surface area contributed by atoms with Crippen LogP contribution in [0, 0.1) is 0 Å². The van der Waals surface area contributed by atoms with Crippen molar-refractivity contribution in [1.82, 2.24) is 5.32 Å². The van der Waals surface area contributed by atoms with Gasteiger partial charge in [-0.3, -0.25) is 0 Å². The molecule has 0 aliphatic carbocycles. The van der Waals surface area contributed by atoms with Gasteiger partial charge in [-0.2, -0.15) is 0 Å². The van der Waals surface area contributed by atoms with Gasteiger partial charge in [0.2, 0.25) is 0 Å². The molecule has 0 bridgehead atoms. The van der Waals surface area contributed by atoms with Crippen LogP contribution in [0.4, 0.5) is 0 Å². The summed E-state index contributed by atoms with van der Waals surface area (Å²) in [4.78, 5) is 0. The van der Waals surface area contributed by atoms with E-state index >= 15 is 0 Å². The molecule has 3 heteroatoms. The molecule has 1 N–H and O–H groups in total. The molecule has 1 aromatic heterocycles. The largest absolute Gasteiger partial charge is 0.472 e. The van der Waals surface area contributed by atoms with E-state index in [0.29, 0.717) is 6.04 Å². The molecule has 1 aromatic carbocycles. The SMILES string of the molecule is CCNC(Cc1ccoc1)Cc1ccccc1Cl. The Balaban J connectivity index is 2.04. The zero-order valence-electron chi connectivity index (χ0n) is 10.5. The fourth-order valence-electron chi connectivity index (χ4n) is 2.13. The summed E-state index contributed by atoms with van der Waals surface area (Å²) in [7, 11) is 0. The van der Waals surface area contributed by atoms with Gasteiger partial charge in [-0.15, -0.1) is 0 Å². The van der Waals surface area contributed by atoms with Crippen molar-refractivity contribution in [2.24, 2.45) is 0 Å². The van der Waals surface area contributed by atoms with Crippen molar-refractivity contribution >= 4 is 11.6 Å². The quantitative estimate of drug-likeness (QED) is 0.860. The number of benzene rings is 1. The maximum absolute atomic E-state index is 6.20. The first-order chi connectivity index (χ1) is 8.79. The lowest BCUT2D eigenvalue weighted by Gasteiger charge is -2.17. The molecule has 96 valence electrons. The second-order valence-corrected chi connectivity index (χ2v) is 4.79. The molecule has 1 atom stereocenters. The van der Waals surface area contributed by atoms with Crippen LogP contribution in [-0.2, 0) is 12.8 Å². The fraction of sp³-hybridized carbons (Fsp3) is 0.333. The van der Waals surface area contributed by atoms with Crippen molar-refractivity contribution in [3.05, 3.63) is 59.0 Å². The molecule has 0 radical (unpaired) electrons. The maximum atomic E-state index is 6.20. The summed E-state index contributed by atoms with van der Waals surface area (Å²) in [5.41, 5.74) is 2.40. The minimum absolute atomic E-state index is 0.382. The highest BCUT2D eigenvalue weighted by Crippen LogP contribution is 2.18. The summed E-state index contributed by atoms with van der Waals surface area (Å²) < 4.78 is 5.11. The molecule has 1 unspecified atom stereocenters. The Morgan fingerprint density at radius 3 is 2.72 bits per heavy atom. The molecule has 0 fully saturated rings. The molecular weight excluding hydrogens is 246 g/mol. The highest BCUT2D eigenvalue weighted by Gasteiger charge is 2.11. The van der Waals surface area contributed by atoms with Crippen LogP contribution in [0.1, 0.15) is 18.1 Å². The van der Waals surface area contributed by atoms with E-state index in [9.17, 15) is 0 Å². The van der Waals surface area contributed by atoms with Crippen LogP contribution < -0.4 is 5.32 Å². The summed E-state index contributed by atoms with van der Waals surface area (Å²) in [6.07, 6.45) is 5.40. The van der Waals surface area contributed by atoms with E-state index in [1.807, 2.05) is 24.3 Å². The van der Waals surface area contributed by atoms with Crippen LogP contribution in [-0.4, -0.2) is 12.6 Å². The first-order valence-electron chi connectivity index (χ1n) is 6.27. The third-order valence-corrected chi connectivity index (χ3v) is 3.35. The molecule has 2 rings (SSSR count). The minimum atomic E-state index is 0.382. The molecular formula is C15H18ClNO. The zero-order chi connectivity index (χ0) is 12.8. The fourth-order valence-corrected chi connectivity index (χ4v) is 2.34. The van der Waals surface area contributed by atoms with Gasteiger partial charge < -0.3 is 9.73 Å². The molecule has 1 heterocycles. The van der Waals surface area contributed by atoms with E-state index in [1.165, 1.54) is 11.1 Å². The monoisotopic (exact) mass is 263 g/mol. The highest BCUT2D eigenvalue weighted by atomic mass is 35.5. The van der Waals surface area contributed by atoms with Gasteiger partial charge in [0, 0.05) is 11.1 Å². The van der Waals surface area contributed by atoms with Gasteiger partial charge >= 0.3 is 0 Å². The number of furan rings is 1. The summed E-state index contributed by atoms with van der Waals surface area (Å²) in [5.74, 6) is 0. The van der Waals surface area contributed by atoms with Crippen molar-refractivity contribution in [3.8, 4) is 0 Å². The standard InChI is InChI=1S/C15H18ClNO/c1-2-17-14(9-12-7-8-18-11-12)10-13-5-3-4-6-15(13)16/h3-8,11,14,17H,2,9-10H2,1H3. The van der Waals surface area contributed by atoms with Gasteiger partial charge in [-0.1, -0.05) is 36.7 Å². The first-order valence-corrected chi connectivity index (χ1v) is 6.65. The van der Waals surface area contributed by atoms with Gasteiger partial charge in [-0.05, 0) is 42.6 Å². The third-order valence-electron chi connectivity index (χ3n) is 2.98. The number of hydrogen-bond acceptors (Lipinski definition) is 2. The number of halogens is 1. The lowest BCUT2D eigenvalue weighted by atomic mass is 10.0. The predicted molar refractivity (Wildman–Crippen MR) is 75.0 cm³/mol. The topological polar surface area (TPSA) is 25.2 Å². The van der Waals surface area contributed by atoms with Gasteiger partial charge in [0.15, 0.2) is 0 Å². The molecule has 0 aliphatic heterocycles. The van der Waals surface area contributed by atoms with Gasteiger partial charge in [0.05, 0.1) is 12.5 Å². The van der Waals surface area contributed by atoms with E-state index in [-0.39, 0.29) is 0 Å². The smallest absolute Gasteiger partial charge is 0.0935 e. The van der Waals surface area contributed by atoms with Crippen LogP contribution in [0.5, 0.6) is 0 Å². The van der Waals surface area contributed by atoms with E-state index in [0.717, 1.165) is 24.4 Å². The Kier molecular flexibility index (Phi) is 4.85. The van der Waals surface area contributed by atoms with Gasteiger partial charge in [-0.25, -0.2) is 0 Å². The van der Waals surface area contributed by atoms with E-state index in [4.69, 9.17) is 16.0 Å². The number of nitrogens with one attached hydrogen (secondary N) is 1. The number of hydrogen-bond donors (Lipinski definition) is 1. The first kappa shape index (κ1) is 13.2. The molecule has 2 nitrogen and oxygen atoms in total. The molecule has 2 aromatic rings. The molecule has 18 heavy (non-hydrogen) atoms. The van der Waals surface area contributed by atoms with Crippen LogP contribution in [0.15, 0.2) is 47.3 Å². The van der Waals surface area contributed by atoms with Crippen molar-refractivity contribution in [2.45, 2.75) is 25.8 Å². The van der Waals surface area contributed by atoms with Crippen LogP contribution in [0.2, 0.25) is 5.02 Å². The van der Waals surface area contributed by atoms with Crippen molar-refractivity contribution in [2.75, 3.05) is 6.54 Å². The van der Waals surface area contributed by atoms with Crippen molar-refractivity contribution in [1.29, 1.82) is 0 Å². The van der Waals surface area contributed by atoms with E-state index in [2.05, 4.69) is 18.3 Å². The summed E-state index contributed by atoms with van der Waals surface area (Å²) in [5, 5.41) is 4.34. The Hall–Kier alpha value is -1.25. The van der Waals surface area contributed by atoms with E-state index < -0.39 is 0 Å². The van der Waals surface area contributed by atoms with Gasteiger partial charge in [0.1, 0.15) is 0 Å². The average molecular weight is 264 g/mol. The van der Waals surface area contributed by atoms with Crippen molar-refractivity contribution < 1.29 is 4.42 Å². The second-order valence-electron chi connectivity index (χ2n) is 4.39. The van der Waals surface area contributed by atoms with E-state index in [1.54, 1.807) is 12.5 Å². The minimum Gasteiger partial charge on any atom is -0.472 e. The zero-order valence-corrected chi connectivity index (χ0v) is 11.3. The van der Waals surface area contributed by atoms with Crippen molar-refractivity contribution in [3.63, 3.8) is 0 Å². The Morgan fingerprint density at radius 1 is 1.22 bits per heavy atom.